The van der Waals surface area contributed by atoms with Crippen molar-refractivity contribution in [2.45, 2.75) is 44.4 Å². The topological polar surface area (TPSA) is 66.0 Å². The maximum atomic E-state index is 12.3. The van der Waals surface area contributed by atoms with Crippen molar-refractivity contribution in [2.75, 3.05) is 20.1 Å². The van der Waals surface area contributed by atoms with E-state index >= 15 is 0 Å². The Morgan fingerprint density at radius 2 is 2.22 bits per heavy atom. The molecule has 1 fully saturated rings. The van der Waals surface area contributed by atoms with Crippen molar-refractivity contribution in [1.82, 2.24) is 25.0 Å². The first-order valence-corrected chi connectivity index (χ1v) is 7.80. The van der Waals surface area contributed by atoms with Gasteiger partial charge in [-0.25, -0.2) is 0 Å². The number of aromatic nitrogens is 3. The molecule has 10 heteroatoms. The number of nitrogens with zero attached hydrogens (tertiary/aromatic N) is 3. The lowest BCUT2D eigenvalue weighted by atomic mass is 10.2. The minimum Gasteiger partial charge on any atom is -0.354 e. The van der Waals surface area contributed by atoms with Crippen LogP contribution in [-0.4, -0.2) is 57.9 Å². The summed E-state index contributed by atoms with van der Waals surface area (Å²) < 4.78 is 39.5. The van der Waals surface area contributed by atoms with Gasteiger partial charge in [0.05, 0.1) is 12.6 Å². The van der Waals surface area contributed by atoms with Crippen LogP contribution in [0.3, 0.4) is 0 Å². The summed E-state index contributed by atoms with van der Waals surface area (Å²) in [5.74, 6) is 0.318. The SMILES string of the molecule is C[C@H](C(=O)NCCc1n[nH]c(=S)n1C1CC1)N(C)CC(F)(F)F. The molecule has 1 saturated carbocycles. The van der Waals surface area contributed by atoms with E-state index in [0.29, 0.717) is 23.8 Å². The number of carbonyl (C=O) groups is 1. The first-order valence-electron chi connectivity index (χ1n) is 7.39. The molecule has 1 aliphatic carbocycles. The average molecular weight is 351 g/mol. The molecule has 0 radical (unpaired) electrons. The Morgan fingerprint density at radius 3 is 2.78 bits per heavy atom. The lowest BCUT2D eigenvalue weighted by molar-refractivity contribution is -0.151. The normalized spacial score (nSPS) is 16.6. The number of halogens is 3. The van der Waals surface area contributed by atoms with Crippen LogP contribution in [0.4, 0.5) is 13.2 Å². The molecule has 0 aliphatic heterocycles. The van der Waals surface area contributed by atoms with E-state index in [-0.39, 0.29) is 0 Å². The summed E-state index contributed by atoms with van der Waals surface area (Å²) >= 11 is 5.16. The largest absolute Gasteiger partial charge is 0.401 e. The molecule has 1 atom stereocenters. The maximum Gasteiger partial charge on any atom is 0.401 e. The highest BCUT2D eigenvalue weighted by Crippen LogP contribution is 2.35. The molecule has 6 nitrogen and oxygen atoms in total. The van der Waals surface area contributed by atoms with Crippen molar-refractivity contribution in [3.63, 3.8) is 0 Å². The molecule has 0 unspecified atom stereocenters. The highest BCUT2D eigenvalue weighted by atomic mass is 32.1. The second-order valence-electron chi connectivity index (χ2n) is 5.79. The van der Waals surface area contributed by atoms with Gasteiger partial charge in [-0.15, -0.1) is 0 Å². The number of rotatable bonds is 7. The molecule has 1 aromatic rings. The van der Waals surface area contributed by atoms with Gasteiger partial charge >= 0.3 is 6.18 Å². The van der Waals surface area contributed by atoms with E-state index in [2.05, 4.69) is 15.5 Å². The molecule has 1 aliphatic rings. The molecule has 23 heavy (non-hydrogen) atoms. The summed E-state index contributed by atoms with van der Waals surface area (Å²) in [4.78, 5) is 12.9. The van der Waals surface area contributed by atoms with Crippen LogP contribution < -0.4 is 5.32 Å². The van der Waals surface area contributed by atoms with Crippen molar-refractivity contribution < 1.29 is 18.0 Å². The summed E-state index contributed by atoms with van der Waals surface area (Å²) in [6.45, 7) is 0.624. The van der Waals surface area contributed by atoms with Gasteiger partial charge in [0.15, 0.2) is 4.77 Å². The standard InChI is InChI=1S/C13H20F3N5OS/c1-8(20(2)7-13(14,15)16)11(22)17-6-5-10-18-19-12(23)21(10)9-3-4-9/h8-9H,3-7H2,1-2H3,(H,17,22)(H,19,23)/t8-/m1/s1. The molecule has 0 saturated heterocycles. The highest BCUT2D eigenvalue weighted by Gasteiger charge is 2.32. The molecule has 0 spiro atoms. The zero-order valence-corrected chi connectivity index (χ0v) is 13.8. The number of aromatic amines is 1. The predicted octanol–water partition coefficient (Wildman–Crippen LogP) is 1.82. The van der Waals surface area contributed by atoms with Crippen molar-refractivity contribution in [3.05, 3.63) is 10.6 Å². The lowest BCUT2D eigenvalue weighted by Crippen LogP contribution is -2.46. The van der Waals surface area contributed by atoms with Gasteiger partial charge in [-0.05, 0) is 39.0 Å². The molecule has 0 aromatic carbocycles. The number of hydrogen-bond donors (Lipinski definition) is 2. The second kappa shape index (κ2) is 7.00. The Kier molecular flexibility index (Phi) is 5.45. The van der Waals surface area contributed by atoms with Gasteiger partial charge < -0.3 is 9.88 Å². The molecule has 2 N–H and O–H groups in total. The zero-order valence-electron chi connectivity index (χ0n) is 13.0. The van der Waals surface area contributed by atoms with Crippen LogP contribution in [0.2, 0.25) is 0 Å². The fourth-order valence-electron chi connectivity index (χ4n) is 2.29. The minimum absolute atomic E-state index is 0.301. The van der Waals surface area contributed by atoms with Gasteiger partial charge in [0, 0.05) is 19.0 Å². The van der Waals surface area contributed by atoms with Crippen LogP contribution in [0, 0.1) is 4.77 Å². The molecule has 1 amide bonds. The highest BCUT2D eigenvalue weighted by molar-refractivity contribution is 7.71. The third-order valence-electron chi connectivity index (χ3n) is 3.81. The molecular formula is C13H20F3N5OS. The van der Waals surface area contributed by atoms with Crippen LogP contribution in [0.5, 0.6) is 0 Å². The third kappa shape index (κ3) is 5.03. The number of carbonyl (C=O) groups excluding carboxylic acids is 1. The number of nitrogens with one attached hydrogen (secondary N) is 2. The number of alkyl halides is 3. The maximum absolute atomic E-state index is 12.3. The van der Waals surface area contributed by atoms with Gasteiger partial charge in [0.25, 0.3) is 0 Å². The quantitative estimate of drug-likeness (QED) is 0.736. The lowest BCUT2D eigenvalue weighted by Gasteiger charge is -2.24. The van der Waals surface area contributed by atoms with Crippen molar-refractivity contribution in [3.8, 4) is 0 Å². The fourth-order valence-corrected chi connectivity index (χ4v) is 2.59. The molecule has 0 bridgehead atoms. The molecule has 1 aromatic heterocycles. The summed E-state index contributed by atoms with van der Waals surface area (Å²) in [6.07, 6.45) is -1.72. The van der Waals surface area contributed by atoms with E-state index in [1.165, 1.54) is 14.0 Å². The molecule has 130 valence electrons. The Hall–Kier alpha value is -1.42. The van der Waals surface area contributed by atoms with E-state index in [9.17, 15) is 18.0 Å². The van der Waals surface area contributed by atoms with Crippen LogP contribution in [0.25, 0.3) is 0 Å². The summed E-state index contributed by atoms with van der Waals surface area (Å²) in [5, 5.41) is 9.52. The first kappa shape index (κ1) is 17.9. The average Bonchev–Trinajstić information content (AvgIpc) is 3.20. The third-order valence-corrected chi connectivity index (χ3v) is 4.09. The van der Waals surface area contributed by atoms with Gasteiger partial charge in [0.1, 0.15) is 5.82 Å². The van der Waals surface area contributed by atoms with E-state index in [0.717, 1.165) is 23.6 Å². The Balaban J connectivity index is 1.82. The molecular weight excluding hydrogens is 331 g/mol. The number of hydrogen-bond acceptors (Lipinski definition) is 4. The zero-order chi connectivity index (χ0) is 17.2. The Bertz CT molecular complexity index is 607. The van der Waals surface area contributed by atoms with E-state index in [1.54, 1.807) is 0 Å². The predicted molar refractivity (Wildman–Crippen MR) is 80.5 cm³/mol. The Morgan fingerprint density at radius 1 is 1.57 bits per heavy atom. The molecule has 1 heterocycles. The fraction of sp³-hybridized carbons (Fsp3) is 0.769. The van der Waals surface area contributed by atoms with E-state index in [4.69, 9.17) is 12.2 Å². The van der Waals surface area contributed by atoms with Crippen LogP contribution in [-0.2, 0) is 11.2 Å². The monoisotopic (exact) mass is 351 g/mol. The number of likely N-dealkylation sites (N-methyl/N-ethyl adjacent to an activating group) is 1. The smallest absolute Gasteiger partial charge is 0.354 e. The summed E-state index contributed by atoms with van der Waals surface area (Å²) in [6, 6.07) is -0.482. The van der Waals surface area contributed by atoms with Gasteiger partial charge in [-0.2, -0.15) is 18.3 Å². The van der Waals surface area contributed by atoms with Gasteiger partial charge in [0.2, 0.25) is 5.91 Å². The summed E-state index contributed by atoms with van der Waals surface area (Å²) in [5.41, 5.74) is 0. The number of H-pyrrole nitrogens is 1. The van der Waals surface area contributed by atoms with Crippen LogP contribution >= 0.6 is 12.2 Å². The van der Waals surface area contributed by atoms with Crippen LogP contribution in [0.15, 0.2) is 0 Å². The second-order valence-corrected chi connectivity index (χ2v) is 6.18. The van der Waals surface area contributed by atoms with Crippen molar-refractivity contribution in [1.29, 1.82) is 0 Å². The van der Waals surface area contributed by atoms with Gasteiger partial charge in [-0.3, -0.25) is 14.8 Å². The first-order chi connectivity index (χ1) is 10.7. The molecule has 2 rings (SSSR count). The Labute approximate surface area is 137 Å². The van der Waals surface area contributed by atoms with E-state index in [1.807, 2.05) is 4.57 Å². The van der Waals surface area contributed by atoms with Crippen molar-refractivity contribution in [2.24, 2.45) is 0 Å². The van der Waals surface area contributed by atoms with Crippen molar-refractivity contribution >= 4 is 18.1 Å². The van der Waals surface area contributed by atoms with Gasteiger partial charge in [-0.1, -0.05) is 0 Å². The van der Waals surface area contributed by atoms with E-state index < -0.39 is 24.7 Å². The number of amides is 1. The van der Waals surface area contributed by atoms with Crippen LogP contribution in [0.1, 0.15) is 31.6 Å². The minimum atomic E-state index is -4.33. The summed E-state index contributed by atoms with van der Waals surface area (Å²) in [7, 11) is 1.27.